The second kappa shape index (κ2) is 6.62. The normalized spacial score (nSPS) is 9.76. The van der Waals surface area contributed by atoms with Gasteiger partial charge in [-0.05, 0) is 19.1 Å². The van der Waals surface area contributed by atoms with Crippen molar-refractivity contribution < 1.29 is 14.3 Å². The zero-order valence-electron chi connectivity index (χ0n) is 10.2. The van der Waals surface area contributed by atoms with Gasteiger partial charge in [0, 0.05) is 6.54 Å². The summed E-state index contributed by atoms with van der Waals surface area (Å²) in [6.45, 7) is 2.94. The van der Waals surface area contributed by atoms with E-state index >= 15 is 0 Å². The number of hydrogen-bond acceptors (Lipinski definition) is 5. The lowest BCUT2D eigenvalue weighted by Gasteiger charge is -2.12. The molecule has 3 N–H and O–H groups in total. The number of nitrogens with one attached hydrogen (secondary N) is 1. The molecule has 0 aliphatic carbocycles. The molecule has 0 spiro atoms. The van der Waals surface area contributed by atoms with E-state index in [2.05, 4.69) is 10.1 Å². The Morgan fingerprint density at radius 1 is 1.47 bits per heavy atom. The molecule has 1 aromatic rings. The number of benzene rings is 1. The van der Waals surface area contributed by atoms with Crippen LogP contribution in [0, 0.1) is 0 Å². The topological polar surface area (TPSA) is 73.6 Å². The Hall–Kier alpha value is -1.91. The fourth-order valence-electron chi connectivity index (χ4n) is 1.38. The van der Waals surface area contributed by atoms with Gasteiger partial charge in [0.2, 0.25) is 0 Å². The van der Waals surface area contributed by atoms with Crippen LogP contribution >= 0.6 is 0 Å². The average Bonchev–Trinajstić information content (AvgIpc) is 2.33. The van der Waals surface area contributed by atoms with Gasteiger partial charge in [-0.15, -0.1) is 0 Å². The molecule has 17 heavy (non-hydrogen) atoms. The molecule has 1 aromatic carbocycles. The summed E-state index contributed by atoms with van der Waals surface area (Å²) in [6, 6.07) is 5.50. The first-order valence-corrected chi connectivity index (χ1v) is 5.51. The van der Waals surface area contributed by atoms with Crippen LogP contribution in [0.1, 0.15) is 13.3 Å². The quantitative estimate of drug-likeness (QED) is 0.582. The molecule has 0 unspecified atom stereocenters. The Morgan fingerprint density at radius 2 is 2.24 bits per heavy atom. The third-order valence-corrected chi connectivity index (χ3v) is 2.24. The standard InChI is InChI=1S/C12H18N2O3/c1-3-17-10-6-4-5-9(12(10)13)14-8-7-11(15)16-2/h4-6,14H,3,7-8,13H2,1-2H3. The molecule has 0 aliphatic heterocycles. The molecule has 0 bridgehead atoms. The van der Waals surface area contributed by atoms with Crippen molar-refractivity contribution in [3.8, 4) is 5.75 Å². The number of carbonyl (C=O) groups is 1. The maximum Gasteiger partial charge on any atom is 0.307 e. The van der Waals surface area contributed by atoms with E-state index < -0.39 is 0 Å². The van der Waals surface area contributed by atoms with Crippen LogP contribution in [0.5, 0.6) is 5.75 Å². The number of para-hydroxylation sites is 1. The molecule has 0 saturated heterocycles. The number of methoxy groups -OCH3 is 1. The van der Waals surface area contributed by atoms with Crippen molar-refractivity contribution in [3.05, 3.63) is 18.2 Å². The Bertz CT molecular complexity index is 380. The Kier molecular flexibility index (Phi) is 5.13. The predicted octanol–water partition coefficient (Wildman–Crippen LogP) is 1.64. The Balaban J connectivity index is 2.59. The fourth-order valence-corrected chi connectivity index (χ4v) is 1.38. The maximum atomic E-state index is 10.9. The molecule has 0 aliphatic rings. The van der Waals surface area contributed by atoms with Crippen molar-refractivity contribution in [2.45, 2.75) is 13.3 Å². The lowest BCUT2D eigenvalue weighted by atomic mass is 10.2. The molecule has 0 amide bonds. The number of nitrogens with two attached hydrogens (primary N) is 1. The number of ether oxygens (including phenoxy) is 2. The van der Waals surface area contributed by atoms with Gasteiger partial charge >= 0.3 is 5.97 Å². The van der Waals surface area contributed by atoms with Gasteiger partial charge in [-0.2, -0.15) is 0 Å². The van der Waals surface area contributed by atoms with E-state index in [0.717, 1.165) is 5.69 Å². The molecule has 5 heteroatoms. The van der Waals surface area contributed by atoms with Crippen molar-refractivity contribution in [1.29, 1.82) is 0 Å². The fraction of sp³-hybridized carbons (Fsp3) is 0.417. The first-order valence-electron chi connectivity index (χ1n) is 5.51. The van der Waals surface area contributed by atoms with Crippen molar-refractivity contribution in [3.63, 3.8) is 0 Å². The van der Waals surface area contributed by atoms with E-state index in [9.17, 15) is 4.79 Å². The lowest BCUT2D eigenvalue weighted by molar-refractivity contribution is -0.140. The van der Waals surface area contributed by atoms with Gasteiger partial charge in [0.15, 0.2) is 0 Å². The van der Waals surface area contributed by atoms with Gasteiger partial charge in [0.25, 0.3) is 0 Å². The first kappa shape index (κ1) is 13.2. The van der Waals surface area contributed by atoms with Gasteiger partial charge in [-0.3, -0.25) is 4.79 Å². The zero-order valence-corrected chi connectivity index (χ0v) is 10.2. The summed E-state index contributed by atoms with van der Waals surface area (Å²) >= 11 is 0. The second-order valence-corrected chi connectivity index (χ2v) is 3.40. The van der Waals surface area contributed by atoms with E-state index in [1.54, 1.807) is 0 Å². The minimum absolute atomic E-state index is 0.253. The minimum Gasteiger partial charge on any atom is -0.492 e. The zero-order chi connectivity index (χ0) is 12.7. The lowest BCUT2D eigenvalue weighted by Crippen LogP contribution is -2.11. The highest BCUT2D eigenvalue weighted by Crippen LogP contribution is 2.29. The third-order valence-electron chi connectivity index (χ3n) is 2.24. The summed E-state index contributed by atoms with van der Waals surface area (Å²) < 4.78 is 9.92. The molecule has 5 nitrogen and oxygen atoms in total. The summed E-state index contributed by atoms with van der Waals surface area (Å²) in [5.74, 6) is 0.396. The van der Waals surface area contributed by atoms with E-state index in [-0.39, 0.29) is 5.97 Å². The molecule has 0 atom stereocenters. The van der Waals surface area contributed by atoms with Gasteiger partial charge in [0.1, 0.15) is 5.75 Å². The Morgan fingerprint density at radius 3 is 2.88 bits per heavy atom. The monoisotopic (exact) mass is 238 g/mol. The van der Waals surface area contributed by atoms with Crippen LogP contribution in [0.15, 0.2) is 18.2 Å². The van der Waals surface area contributed by atoms with E-state index in [4.69, 9.17) is 10.5 Å². The van der Waals surface area contributed by atoms with Gasteiger partial charge in [-0.1, -0.05) is 6.07 Å². The smallest absolute Gasteiger partial charge is 0.307 e. The van der Waals surface area contributed by atoms with Crippen LogP contribution in [0.4, 0.5) is 11.4 Å². The maximum absolute atomic E-state index is 10.9. The van der Waals surface area contributed by atoms with Crippen LogP contribution in [-0.4, -0.2) is 26.2 Å². The summed E-state index contributed by atoms with van der Waals surface area (Å²) in [4.78, 5) is 10.9. The summed E-state index contributed by atoms with van der Waals surface area (Å²) in [7, 11) is 1.37. The number of carbonyl (C=O) groups excluding carboxylic acids is 1. The first-order chi connectivity index (χ1) is 8.19. The summed E-state index contributed by atoms with van der Waals surface area (Å²) in [6.07, 6.45) is 0.300. The molecular weight excluding hydrogens is 220 g/mol. The predicted molar refractivity (Wildman–Crippen MR) is 67.1 cm³/mol. The largest absolute Gasteiger partial charge is 0.492 e. The minimum atomic E-state index is -0.253. The van der Waals surface area contributed by atoms with E-state index in [1.165, 1.54) is 7.11 Å². The molecule has 0 radical (unpaired) electrons. The van der Waals surface area contributed by atoms with Gasteiger partial charge in [-0.25, -0.2) is 0 Å². The number of anilines is 2. The molecule has 1 rings (SSSR count). The third kappa shape index (κ3) is 3.86. The summed E-state index contributed by atoms with van der Waals surface area (Å²) in [5.41, 5.74) is 7.23. The number of esters is 1. The molecule has 0 saturated carbocycles. The van der Waals surface area contributed by atoms with Gasteiger partial charge in [0.05, 0.1) is 31.5 Å². The number of hydrogen-bond donors (Lipinski definition) is 2. The van der Waals surface area contributed by atoms with Crippen LogP contribution in [0.3, 0.4) is 0 Å². The average molecular weight is 238 g/mol. The van der Waals surface area contributed by atoms with Crippen molar-refractivity contribution in [1.82, 2.24) is 0 Å². The highest BCUT2D eigenvalue weighted by molar-refractivity contribution is 5.74. The van der Waals surface area contributed by atoms with Crippen molar-refractivity contribution in [2.24, 2.45) is 0 Å². The van der Waals surface area contributed by atoms with Crippen molar-refractivity contribution in [2.75, 3.05) is 31.3 Å². The van der Waals surface area contributed by atoms with Crippen LogP contribution in [-0.2, 0) is 9.53 Å². The molecular formula is C12H18N2O3. The molecule has 0 fully saturated rings. The van der Waals surface area contributed by atoms with E-state index in [0.29, 0.717) is 31.0 Å². The van der Waals surface area contributed by atoms with Crippen LogP contribution in [0.25, 0.3) is 0 Å². The SMILES string of the molecule is CCOc1cccc(NCCC(=O)OC)c1N. The molecule has 94 valence electrons. The highest BCUT2D eigenvalue weighted by atomic mass is 16.5. The van der Waals surface area contributed by atoms with Crippen molar-refractivity contribution >= 4 is 17.3 Å². The van der Waals surface area contributed by atoms with E-state index in [1.807, 2.05) is 25.1 Å². The number of nitrogen functional groups attached to an aromatic ring is 1. The molecule has 0 aromatic heterocycles. The number of rotatable bonds is 6. The Labute approximate surface area is 101 Å². The van der Waals surface area contributed by atoms with Gasteiger partial charge < -0.3 is 20.5 Å². The van der Waals surface area contributed by atoms with Crippen LogP contribution in [0.2, 0.25) is 0 Å². The summed E-state index contributed by atoms with van der Waals surface area (Å²) in [5, 5.41) is 3.07. The highest BCUT2D eigenvalue weighted by Gasteiger charge is 2.06. The molecule has 0 heterocycles. The van der Waals surface area contributed by atoms with Crippen LogP contribution < -0.4 is 15.8 Å². The second-order valence-electron chi connectivity index (χ2n) is 3.40.